The first-order chi connectivity index (χ1) is 10.2. The number of nitrogens with one attached hydrogen (secondary N) is 1. The van der Waals surface area contributed by atoms with Crippen LogP contribution in [0.4, 0.5) is 5.69 Å². The van der Waals surface area contributed by atoms with E-state index in [-0.39, 0.29) is 0 Å². The number of benzene rings is 2. The van der Waals surface area contributed by atoms with Gasteiger partial charge in [-0.3, -0.25) is 0 Å². The van der Waals surface area contributed by atoms with Gasteiger partial charge >= 0.3 is 0 Å². The molecule has 21 heavy (non-hydrogen) atoms. The summed E-state index contributed by atoms with van der Waals surface area (Å²) in [4.78, 5) is 0. The van der Waals surface area contributed by atoms with E-state index in [2.05, 4.69) is 11.4 Å². The summed E-state index contributed by atoms with van der Waals surface area (Å²) in [6, 6.07) is 13.6. The van der Waals surface area contributed by atoms with Crippen molar-refractivity contribution in [2.75, 3.05) is 19.5 Å². The van der Waals surface area contributed by atoms with Crippen LogP contribution in [0.25, 0.3) is 0 Å². The van der Waals surface area contributed by atoms with Crippen molar-refractivity contribution in [1.82, 2.24) is 0 Å². The summed E-state index contributed by atoms with van der Waals surface area (Å²) in [5.41, 5.74) is 3.67. The Morgan fingerprint density at radius 2 is 1.76 bits per heavy atom. The molecule has 0 fully saturated rings. The van der Waals surface area contributed by atoms with E-state index in [1.54, 1.807) is 14.2 Å². The second-order valence-corrected chi connectivity index (χ2v) is 4.64. The molecule has 1 N–H and O–H groups in total. The van der Waals surface area contributed by atoms with Gasteiger partial charge in [-0.25, -0.2) is 0 Å². The van der Waals surface area contributed by atoms with Crippen LogP contribution in [0.1, 0.15) is 16.7 Å². The molecule has 0 bridgehead atoms. The molecule has 0 aliphatic rings. The number of ether oxygens (including phenoxy) is 2. The molecule has 0 radical (unpaired) electrons. The normalized spacial score (nSPS) is 9.81. The van der Waals surface area contributed by atoms with E-state index < -0.39 is 0 Å². The third-order valence-corrected chi connectivity index (χ3v) is 3.34. The number of nitriles is 1. The van der Waals surface area contributed by atoms with E-state index in [1.165, 1.54) is 0 Å². The first kappa shape index (κ1) is 14.7. The minimum atomic E-state index is 0.583. The molecule has 2 aromatic rings. The number of aryl methyl sites for hydroxylation is 1. The molecule has 2 rings (SSSR count). The van der Waals surface area contributed by atoms with Gasteiger partial charge in [0.15, 0.2) is 11.5 Å². The van der Waals surface area contributed by atoms with E-state index in [4.69, 9.17) is 14.7 Å². The Bertz CT molecular complexity index is 675. The Morgan fingerprint density at radius 3 is 2.43 bits per heavy atom. The lowest BCUT2D eigenvalue weighted by molar-refractivity contribution is 0.355. The highest BCUT2D eigenvalue weighted by Crippen LogP contribution is 2.33. The fourth-order valence-corrected chi connectivity index (χ4v) is 2.15. The van der Waals surface area contributed by atoms with Crippen LogP contribution in [0.3, 0.4) is 0 Å². The number of methoxy groups -OCH3 is 2. The van der Waals surface area contributed by atoms with E-state index in [0.29, 0.717) is 23.6 Å². The largest absolute Gasteiger partial charge is 0.493 e. The van der Waals surface area contributed by atoms with Gasteiger partial charge in [-0.05, 0) is 30.2 Å². The third kappa shape index (κ3) is 3.26. The minimum absolute atomic E-state index is 0.583. The second-order valence-electron chi connectivity index (χ2n) is 4.64. The lowest BCUT2D eigenvalue weighted by Gasteiger charge is -2.14. The van der Waals surface area contributed by atoms with Crippen molar-refractivity contribution in [3.63, 3.8) is 0 Å². The molecule has 0 aromatic heterocycles. The quantitative estimate of drug-likeness (QED) is 0.912. The van der Waals surface area contributed by atoms with Crippen LogP contribution in [0.5, 0.6) is 11.5 Å². The van der Waals surface area contributed by atoms with Crippen LogP contribution < -0.4 is 14.8 Å². The molecule has 0 saturated carbocycles. The van der Waals surface area contributed by atoms with Gasteiger partial charge in [0.1, 0.15) is 0 Å². The van der Waals surface area contributed by atoms with Gasteiger partial charge in [0.25, 0.3) is 0 Å². The summed E-state index contributed by atoms with van der Waals surface area (Å²) in [6.07, 6.45) is 0. The van der Waals surface area contributed by atoms with Crippen molar-refractivity contribution in [3.8, 4) is 17.6 Å². The minimum Gasteiger partial charge on any atom is -0.493 e. The van der Waals surface area contributed by atoms with Gasteiger partial charge in [0, 0.05) is 18.3 Å². The van der Waals surface area contributed by atoms with Gasteiger partial charge in [-0.15, -0.1) is 0 Å². The van der Waals surface area contributed by atoms with E-state index in [1.807, 2.05) is 43.3 Å². The first-order valence-corrected chi connectivity index (χ1v) is 6.64. The lowest BCUT2D eigenvalue weighted by Crippen LogP contribution is -2.04. The molecule has 0 spiro atoms. The van der Waals surface area contributed by atoms with Gasteiger partial charge in [-0.1, -0.05) is 18.2 Å². The van der Waals surface area contributed by atoms with Gasteiger partial charge in [0.05, 0.1) is 25.9 Å². The maximum atomic E-state index is 9.11. The Kier molecular flexibility index (Phi) is 4.68. The Hall–Kier alpha value is -2.67. The summed E-state index contributed by atoms with van der Waals surface area (Å²) in [7, 11) is 3.23. The van der Waals surface area contributed by atoms with Crippen molar-refractivity contribution in [2.24, 2.45) is 0 Å². The van der Waals surface area contributed by atoms with Crippen LogP contribution in [0.15, 0.2) is 36.4 Å². The molecule has 0 atom stereocenters. The molecule has 0 aliphatic heterocycles. The van der Waals surface area contributed by atoms with E-state index in [9.17, 15) is 0 Å². The Labute approximate surface area is 124 Å². The molecule has 4 heteroatoms. The zero-order valence-electron chi connectivity index (χ0n) is 12.4. The molecule has 0 aliphatic carbocycles. The van der Waals surface area contributed by atoms with Gasteiger partial charge < -0.3 is 14.8 Å². The molecule has 0 saturated heterocycles. The monoisotopic (exact) mass is 282 g/mol. The molecule has 2 aromatic carbocycles. The van der Waals surface area contributed by atoms with Crippen molar-refractivity contribution in [1.29, 1.82) is 5.26 Å². The predicted octanol–water partition coefficient (Wildman–Crippen LogP) is 3.50. The number of hydrogen-bond acceptors (Lipinski definition) is 4. The lowest BCUT2D eigenvalue weighted by atomic mass is 10.1. The van der Waals surface area contributed by atoms with Crippen molar-refractivity contribution >= 4 is 5.69 Å². The summed E-state index contributed by atoms with van der Waals surface area (Å²) in [5, 5.41) is 12.4. The van der Waals surface area contributed by atoms with Crippen LogP contribution in [-0.4, -0.2) is 14.2 Å². The first-order valence-electron chi connectivity index (χ1n) is 6.64. The average molecular weight is 282 g/mol. The maximum absolute atomic E-state index is 9.11. The van der Waals surface area contributed by atoms with Crippen molar-refractivity contribution in [3.05, 3.63) is 53.1 Å². The number of rotatable bonds is 5. The van der Waals surface area contributed by atoms with Gasteiger partial charge in [0.2, 0.25) is 0 Å². The third-order valence-electron chi connectivity index (χ3n) is 3.34. The van der Waals surface area contributed by atoms with Crippen LogP contribution in [0, 0.1) is 18.3 Å². The molecule has 4 nitrogen and oxygen atoms in total. The highest BCUT2D eigenvalue weighted by molar-refractivity contribution is 5.60. The number of hydrogen-bond donors (Lipinski definition) is 1. The number of nitrogens with zero attached hydrogens (tertiary/aromatic N) is 1. The molecule has 0 amide bonds. The summed E-state index contributed by atoms with van der Waals surface area (Å²) < 4.78 is 10.6. The highest BCUT2D eigenvalue weighted by Gasteiger charge is 2.09. The molecule has 108 valence electrons. The molecule has 0 unspecified atom stereocenters. The molecular weight excluding hydrogens is 264 g/mol. The summed E-state index contributed by atoms with van der Waals surface area (Å²) in [6.45, 7) is 2.58. The zero-order chi connectivity index (χ0) is 15.2. The second kappa shape index (κ2) is 6.67. The zero-order valence-corrected chi connectivity index (χ0v) is 12.4. The number of anilines is 1. The van der Waals surface area contributed by atoms with Crippen molar-refractivity contribution < 1.29 is 9.47 Å². The van der Waals surface area contributed by atoms with Gasteiger partial charge in [-0.2, -0.15) is 5.26 Å². The Balaban J connectivity index is 2.22. The average Bonchev–Trinajstić information content (AvgIpc) is 2.53. The highest BCUT2D eigenvalue weighted by atomic mass is 16.5. The predicted molar refractivity (Wildman–Crippen MR) is 82.8 cm³/mol. The molecule has 0 heterocycles. The summed E-state index contributed by atoms with van der Waals surface area (Å²) >= 11 is 0. The SMILES string of the molecule is COc1cc(C)c(NCc2ccccc2C#N)cc1OC. The van der Waals surface area contributed by atoms with E-state index in [0.717, 1.165) is 16.8 Å². The Morgan fingerprint density at radius 1 is 1.10 bits per heavy atom. The standard InChI is InChI=1S/C17H18N2O2/c1-12-8-16(20-2)17(21-3)9-15(12)19-11-14-7-5-4-6-13(14)10-18/h4-9,19H,11H2,1-3H3. The van der Waals surface area contributed by atoms with Crippen molar-refractivity contribution in [2.45, 2.75) is 13.5 Å². The smallest absolute Gasteiger partial charge is 0.162 e. The van der Waals surface area contributed by atoms with E-state index >= 15 is 0 Å². The topological polar surface area (TPSA) is 54.3 Å². The van der Waals surface area contributed by atoms with Crippen LogP contribution in [0.2, 0.25) is 0 Å². The fourth-order valence-electron chi connectivity index (χ4n) is 2.15. The summed E-state index contributed by atoms with van der Waals surface area (Å²) in [5.74, 6) is 1.39. The van der Waals surface area contributed by atoms with Crippen LogP contribution >= 0.6 is 0 Å². The molecular formula is C17H18N2O2. The fraction of sp³-hybridized carbons (Fsp3) is 0.235. The van der Waals surface area contributed by atoms with Crippen LogP contribution in [-0.2, 0) is 6.54 Å². The maximum Gasteiger partial charge on any atom is 0.162 e.